The average molecular weight is 437 g/mol. The Kier molecular flexibility index (Phi) is 6.36. The van der Waals surface area contributed by atoms with Crippen LogP contribution in [0.4, 0.5) is 10.6 Å². The summed E-state index contributed by atoms with van der Waals surface area (Å²) >= 11 is 0. The van der Waals surface area contributed by atoms with Crippen LogP contribution < -0.4 is 16.0 Å². The molecule has 3 amide bonds. The second kappa shape index (κ2) is 9.35. The van der Waals surface area contributed by atoms with Crippen LogP contribution >= 0.6 is 0 Å². The van der Waals surface area contributed by atoms with Crippen molar-refractivity contribution in [3.8, 4) is 0 Å². The Labute approximate surface area is 186 Å². The third-order valence-corrected chi connectivity index (χ3v) is 5.96. The summed E-state index contributed by atoms with van der Waals surface area (Å²) in [5.41, 5.74) is 1.16. The third-order valence-electron chi connectivity index (χ3n) is 5.96. The van der Waals surface area contributed by atoms with Crippen LogP contribution in [-0.2, 0) is 0 Å². The molecule has 0 aliphatic heterocycles. The van der Waals surface area contributed by atoms with E-state index in [4.69, 9.17) is 0 Å². The van der Waals surface area contributed by atoms with Crippen molar-refractivity contribution in [1.29, 1.82) is 0 Å². The first-order valence-electron chi connectivity index (χ1n) is 10.9. The molecule has 2 aromatic heterocycles. The number of carbonyl (C=O) groups is 2. The van der Waals surface area contributed by atoms with Crippen molar-refractivity contribution in [2.45, 2.75) is 50.7 Å². The molecular formula is C23H28N6O3. The molecule has 1 aromatic carbocycles. The lowest BCUT2D eigenvalue weighted by Gasteiger charge is -2.21. The normalized spacial score (nSPS) is 15.9. The van der Waals surface area contributed by atoms with E-state index in [2.05, 4.69) is 31.1 Å². The van der Waals surface area contributed by atoms with E-state index in [0.29, 0.717) is 29.7 Å². The lowest BCUT2D eigenvalue weighted by Crippen LogP contribution is -2.33. The summed E-state index contributed by atoms with van der Waals surface area (Å²) in [6.07, 6.45) is 5.66. The number of anilines is 1. The summed E-state index contributed by atoms with van der Waals surface area (Å²) in [5, 5.41) is 26.3. The molecule has 1 atom stereocenters. The summed E-state index contributed by atoms with van der Waals surface area (Å²) in [4.78, 5) is 29.1. The predicted octanol–water partition coefficient (Wildman–Crippen LogP) is 3.27. The highest BCUT2D eigenvalue weighted by Gasteiger charge is 2.30. The van der Waals surface area contributed by atoms with E-state index in [0.717, 1.165) is 31.2 Å². The number of urea groups is 1. The molecule has 0 bridgehead atoms. The largest absolute Gasteiger partial charge is 0.390 e. The molecule has 0 saturated heterocycles. The predicted molar refractivity (Wildman–Crippen MR) is 121 cm³/mol. The van der Waals surface area contributed by atoms with Gasteiger partial charge in [-0.1, -0.05) is 43.2 Å². The molecule has 3 aromatic rings. The number of aliphatic hydroxyl groups is 1. The zero-order chi connectivity index (χ0) is 22.6. The summed E-state index contributed by atoms with van der Waals surface area (Å²) in [6.45, 7) is 2.28. The Balaban J connectivity index is 1.34. The zero-order valence-electron chi connectivity index (χ0n) is 18.0. The van der Waals surface area contributed by atoms with E-state index in [1.807, 2.05) is 37.3 Å². The van der Waals surface area contributed by atoms with Crippen LogP contribution in [0.3, 0.4) is 0 Å². The number of aromatic amines is 1. The number of carbonyl (C=O) groups excluding carboxylic acids is 2. The molecule has 1 aliphatic carbocycles. The minimum atomic E-state index is -0.665. The fourth-order valence-corrected chi connectivity index (χ4v) is 4.10. The molecule has 1 saturated carbocycles. The van der Waals surface area contributed by atoms with E-state index in [9.17, 15) is 14.7 Å². The van der Waals surface area contributed by atoms with Gasteiger partial charge in [0.05, 0.1) is 22.5 Å². The van der Waals surface area contributed by atoms with E-state index >= 15 is 0 Å². The van der Waals surface area contributed by atoms with Gasteiger partial charge in [0.2, 0.25) is 0 Å². The smallest absolute Gasteiger partial charge is 0.320 e. The number of hydrogen-bond donors (Lipinski definition) is 5. The van der Waals surface area contributed by atoms with Gasteiger partial charge in [0.1, 0.15) is 5.82 Å². The highest BCUT2D eigenvalue weighted by Crippen LogP contribution is 2.31. The molecule has 4 rings (SSSR count). The first-order valence-corrected chi connectivity index (χ1v) is 10.9. The Hall–Kier alpha value is -3.46. The summed E-state index contributed by atoms with van der Waals surface area (Å²) in [5.74, 6) is 0.0177. The van der Waals surface area contributed by atoms with Crippen molar-refractivity contribution in [2.24, 2.45) is 0 Å². The second-order valence-corrected chi connectivity index (χ2v) is 8.36. The molecule has 1 aliphatic rings. The average Bonchev–Trinajstić information content (AvgIpc) is 3.40. The lowest BCUT2D eigenvalue weighted by atomic mass is 9.98. The summed E-state index contributed by atoms with van der Waals surface area (Å²) < 4.78 is 0. The monoisotopic (exact) mass is 436 g/mol. The Morgan fingerprint density at radius 2 is 1.97 bits per heavy atom. The summed E-state index contributed by atoms with van der Waals surface area (Å²) in [7, 11) is 0. The van der Waals surface area contributed by atoms with Crippen molar-refractivity contribution in [3.05, 3.63) is 53.9 Å². The van der Waals surface area contributed by atoms with Crippen LogP contribution in [0.1, 0.15) is 61.1 Å². The van der Waals surface area contributed by atoms with Gasteiger partial charge in [0.15, 0.2) is 5.69 Å². The van der Waals surface area contributed by atoms with Gasteiger partial charge in [-0.15, -0.1) is 0 Å². The molecule has 5 N–H and O–H groups in total. The van der Waals surface area contributed by atoms with Crippen LogP contribution in [0.25, 0.3) is 10.9 Å². The number of fused-ring (bicyclic) bond motifs is 1. The molecule has 0 spiro atoms. The van der Waals surface area contributed by atoms with Gasteiger partial charge in [0.25, 0.3) is 5.91 Å². The fraction of sp³-hybridized carbons (Fsp3) is 0.391. The SMILES string of the molecule is CC(NC(=O)Nc1cc2[nH]nc(C(=O)NCCC3(O)CCCC3)c2cn1)c1ccccc1. The Bertz CT molecular complexity index is 1090. The number of rotatable bonds is 7. The minimum absolute atomic E-state index is 0.162. The first-order chi connectivity index (χ1) is 15.4. The van der Waals surface area contributed by atoms with Gasteiger partial charge in [-0.05, 0) is 31.7 Å². The van der Waals surface area contributed by atoms with Crippen LogP contribution in [-0.4, -0.2) is 44.4 Å². The maximum Gasteiger partial charge on any atom is 0.320 e. The van der Waals surface area contributed by atoms with E-state index in [1.54, 1.807) is 6.07 Å². The van der Waals surface area contributed by atoms with Crippen LogP contribution in [0.5, 0.6) is 0 Å². The number of nitrogens with zero attached hydrogens (tertiary/aromatic N) is 2. The number of hydrogen-bond acceptors (Lipinski definition) is 5. The van der Waals surface area contributed by atoms with Gasteiger partial charge < -0.3 is 15.7 Å². The number of aromatic nitrogens is 3. The van der Waals surface area contributed by atoms with Gasteiger partial charge in [-0.3, -0.25) is 15.2 Å². The molecule has 9 heteroatoms. The van der Waals surface area contributed by atoms with Gasteiger partial charge in [-0.2, -0.15) is 5.10 Å². The standard InChI is InChI=1S/C23H28N6O3/c1-15(16-7-3-2-4-8-16)26-22(31)27-19-13-18-17(14-25-19)20(29-28-18)21(30)24-12-11-23(32)9-5-6-10-23/h2-4,7-8,13-15,32H,5-6,9-12H2,1H3,(H,24,30)(H,28,29)(H2,25,26,27,31). The lowest BCUT2D eigenvalue weighted by molar-refractivity contribution is 0.0389. The van der Waals surface area contributed by atoms with E-state index < -0.39 is 5.60 Å². The van der Waals surface area contributed by atoms with Gasteiger partial charge in [-0.25, -0.2) is 9.78 Å². The molecule has 32 heavy (non-hydrogen) atoms. The van der Waals surface area contributed by atoms with Crippen molar-refractivity contribution >= 4 is 28.7 Å². The summed E-state index contributed by atoms with van der Waals surface area (Å²) in [6, 6.07) is 10.7. The minimum Gasteiger partial charge on any atom is -0.390 e. The molecule has 9 nitrogen and oxygen atoms in total. The van der Waals surface area contributed by atoms with E-state index in [1.165, 1.54) is 6.20 Å². The molecule has 1 unspecified atom stereocenters. The number of pyridine rings is 1. The van der Waals surface area contributed by atoms with Crippen molar-refractivity contribution < 1.29 is 14.7 Å². The third kappa shape index (κ3) is 5.05. The maximum absolute atomic E-state index is 12.5. The fourth-order valence-electron chi connectivity index (χ4n) is 4.10. The topological polar surface area (TPSA) is 132 Å². The van der Waals surface area contributed by atoms with Crippen molar-refractivity contribution in [2.75, 3.05) is 11.9 Å². The molecule has 168 valence electrons. The molecule has 0 radical (unpaired) electrons. The molecular weight excluding hydrogens is 408 g/mol. The Morgan fingerprint density at radius 3 is 2.72 bits per heavy atom. The maximum atomic E-state index is 12.5. The number of amides is 3. The van der Waals surface area contributed by atoms with Crippen LogP contribution in [0.2, 0.25) is 0 Å². The van der Waals surface area contributed by atoms with Crippen LogP contribution in [0, 0.1) is 0 Å². The van der Waals surface area contributed by atoms with Gasteiger partial charge in [0, 0.05) is 18.8 Å². The highest BCUT2D eigenvalue weighted by atomic mass is 16.3. The quantitative estimate of drug-likeness (QED) is 0.388. The van der Waals surface area contributed by atoms with Crippen LogP contribution in [0.15, 0.2) is 42.6 Å². The highest BCUT2D eigenvalue weighted by molar-refractivity contribution is 6.05. The number of nitrogens with one attached hydrogen (secondary N) is 4. The van der Waals surface area contributed by atoms with Crippen molar-refractivity contribution in [1.82, 2.24) is 25.8 Å². The molecule has 2 heterocycles. The van der Waals surface area contributed by atoms with Crippen molar-refractivity contribution in [3.63, 3.8) is 0 Å². The zero-order valence-corrected chi connectivity index (χ0v) is 18.0. The number of benzene rings is 1. The first kappa shape index (κ1) is 21.8. The number of H-pyrrole nitrogens is 1. The Morgan fingerprint density at radius 1 is 1.22 bits per heavy atom. The molecule has 1 fully saturated rings. The van der Waals surface area contributed by atoms with Gasteiger partial charge >= 0.3 is 6.03 Å². The second-order valence-electron chi connectivity index (χ2n) is 8.36. The van der Waals surface area contributed by atoms with E-state index in [-0.39, 0.29) is 23.7 Å².